The second kappa shape index (κ2) is 4.98. The molecule has 0 bridgehead atoms. The molecule has 0 amide bonds. The van der Waals surface area contributed by atoms with E-state index in [2.05, 4.69) is 0 Å². The zero-order valence-corrected chi connectivity index (χ0v) is 11.4. The van der Waals surface area contributed by atoms with Crippen molar-refractivity contribution in [2.75, 3.05) is 5.84 Å². The van der Waals surface area contributed by atoms with Crippen LogP contribution in [-0.2, 0) is 6.54 Å². The van der Waals surface area contributed by atoms with Gasteiger partial charge in [-0.25, -0.2) is 4.57 Å². The number of nitrogen functional groups attached to an aromatic ring is 1. The molecule has 20 heavy (non-hydrogen) atoms. The minimum absolute atomic E-state index is 0.0167. The zero-order chi connectivity index (χ0) is 14.1. The van der Waals surface area contributed by atoms with E-state index in [-0.39, 0.29) is 12.3 Å². The second-order valence-corrected chi connectivity index (χ2v) is 5.01. The van der Waals surface area contributed by atoms with Crippen molar-refractivity contribution in [3.8, 4) is 0 Å². The zero-order valence-electron chi connectivity index (χ0n) is 10.7. The van der Waals surface area contributed by atoms with Gasteiger partial charge < -0.3 is 0 Å². The van der Waals surface area contributed by atoms with Gasteiger partial charge in [0.2, 0.25) is 5.78 Å². The summed E-state index contributed by atoms with van der Waals surface area (Å²) in [6, 6.07) is 14.6. The average Bonchev–Trinajstić information content (AvgIpc) is 2.77. The van der Waals surface area contributed by atoms with E-state index in [4.69, 9.17) is 17.4 Å². The van der Waals surface area contributed by atoms with E-state index >= 15 is 0 Å². The van der Waals surface area contributed by atoms with Gasteiger partial charge in [0.25, 0.3) is 6.33 Å². The number of nitrogens with zero attached hydrogens (tertiary/aromatic N) is 2. The molecule has 3 rings (SSSR count). The van der Waals surface area contributed by atoms with Crippen LogP contribution in [-0.4, -0.2) is 10.5 Å². The lowest BCUT2D eigenvalue weighted by Gasteiger charge is -1.99. The Morgan fingerprint density at radius 3 is 2.60 bits per heavy atom. The van der Waals surface area contributed by atoms with Crippen molar-refractivity contribution in [2.24, 2.45) is 0 Å². The maximum atomic E-state index is 12.3. The van der Waals surface area contributed by atoms with E-state index in [1.165, 1.54) is 4.68 Å². The molecule has 0 spiro atoms. The Bertz CT molecular complexity index is 777. The van der Waals surface area contributed by atoms with Crippen molar-refractivity contribution < 1.29 is 9.36 Å². The number of Topliss-reactive ketones (excluding diaryl/α,β-unsaturated/α-hetero) is 1. The Kier molecular flexibility index (Phi) is 3.16. The summed E-state index contributed by atoms with van der Waals surface area (Å²) in [5, 5.41) is 0.618. The molecule has 2 N–H and O–H groups in total. The highest BCUT2D eigenvalue weighted by molar-refractivity contribution is 6.30. The summed E-state index contributed by atoms with van der Waals surface area (Å²) in [6.45, 7) is 0.242. The highest BCUT2D eigenvalue weighted by Crippen LogP contribution is 2.11. The van der Waals surface area contributed by atoms with Crippen LogP contribution >= 0.6 is 11.6 Å². The van der Waals surface area contributed by atoms with E-state index in [9.17, 15) is 4.79 Å². The van der Waals surface area contributed by atoms with Gasteiger partial charge in [0.1, 0.15) is 0 Å². The van der Waals surface area contributed by atoms with Gasteiger partial charge in [0.15, 0.2) is 17.6 Å². The molecule has 1 aromatic heterocycles. The van der Waals surface area contributed by atoms with Crippen molar-refractivity contribution in [3.63, 3.8) is 0 Å². The number of nitrogens with two attached hydrogens (primary N) is 1. The molecule has 0 aliphatic heterocycles. The van der Waals surface area contributed by atoms with Crippen LogP contribution in [0.15, 0.2) is 54.9 Å². The first kappa shape index (κ1) is 12.7. The van der Waals surface area contributed by atoms with Crippen LogP contribution < -0.4 is 10.4 Å². The molecule has 100 valence electrons. The number of hydrogen-bond acceptors (Lipinski definition) is 2. The molecular formula is C15H13ClN3O+. The van der Waals surface area contributed by atoms with Gasteiger partial charge in [-0.3, -0.25) is 10.6 Å². The SMILES string of the molecule is Nn1c[n+](CC(=O)c2ccc(Cl)cc2)c2ccccc21. The molecule has 3 aromatic rings. The van der Waals surface area contributed by atoms with Crippen LogP contribution in [0.3, 0.4) is 0 Å². The molecule has 0 atom stereocenters. The molecule has 0 saturated heterocycles. The summed E-state index contributed by atoms with van der Waals surface area (Å²) in [7, 11) is 0. The van der Waals surface area contributed by atoms with Gasteiger partial charge in [-0.1, -0.05) is 23.7 Å². The number of halogens is 1. The summed E-state index contributed by atoms with van der Waals surface area (Å²) in [4.78, 5) is 12.3. The van der Waals surface area contributed by atoms with Crippen LogP contribution in [0, 0.1) is 0 Å². The molecule has 0 saturated carbocycles. The molecule has 0 aliphatic rings. The van der Waals surface area contributed by atoms with Crippen molar-refractivity contribution in [2.45, 2.75) is 6.54 Å². The van der Waals surface area contributed by atoms with E-state index in [0.717, 1.165) is 11.0 Å². The number of rotatable bonds is 3. The lowest BCUT2D eigenvalue weighted by atomic mass is 10.1. The third kappa shape index (κ3) is 2.26. The maximum Gasteiger partial charge on any atom is 0.268 e. The topological polar surface area (TPSA) is 51.9 Å². The predicted octanol–water partition coefficient (Wildman–Crippen LogP) is 2.18. The Balaban J connectivity index is 1.93. The fraction of sp³-hybridized carbons (Fsp3) is 0.0667. The Hall–Kier alpha value is -2.33. The minimum atomic E-state index is 0.0167. The van der Waals surface area contributed by atoms with Crippen LogP contribution in [0.4, 0.5) is 0 Å². The smallest absolute Gasteiger partial charge is 0.268 e. The van der Waals surface area contributed by atoms with Gasteiger partial charge in [0, 0.05) is 10.6 Å². The lowest BCUT2D eigenvalue weighted by Crippen LogP contribution is -2.37. The monoisotopic (exact) mass is 286 g/mol. The number of carbonyl (C=O) groups is 1. The molecule has 0 aliphatic carbocycles. The standard InChI is InChI=1S/C15H13ClN3O/c16-12-7-5-11(6-8-12)15(20)9-18-10-19(17)14-4-2-1-3-13(14)18/h1-8,10H,9,17H2/q+1. The van der Waals surface area contributed by atoms with Gasteiger partial charge >= 0.3 is 0 Å². The van der Waals surface area contributed by atoms with Crippen molar-refractivity contribution in [3.05, 3.63) is 65.4 Å². The molecule has 2 aromatic carbocycles. The predicted molar refractivity (Wildman–Crippen MR) is 78.1 cm³/mol. The maximum absolute atomic E-state index is 12.3. The number of fused-ring (bicyclic) bond motifs is 1. The third-order valence-corrected chi connectivity index (χ3v) is 3.47. The average molecular weight is 287 g/mol. The Morgan fingerprint density at radius 1 is 1.15 bits per heavy atom. The van der Waals surface area contributed by atoms with Gasteiger partial charge in [-0.15, -0.1) is 4.68 Å². The Labute approximate surface area is 121 Å². The van der Waals surface area contributed by atoms with E-state index in [1.807, 2.05) is 28.8 Å². The number of benzene rings is 2. The van der Waals surface area contributed by atoms with E-state index in [0.29, 0.717) is 10.6 Å². The first-order valence-electron chi connectivity index (χ1n) is 6.18. The molecule has 5 heteroatoms. The van der Waals surface area contributed by atoms with E-state index < -0.39 is 0 Å². The molecule has 0 unspecified atom stereocenters. The minimum Gasteiger partial charge on any atom is -0.290 e. The van der Waals surface area contributed by atoms with Gasteiger partial charge in [0.05, 0.1) is 0 Å². The lowest BCUT2D eigenvalue weighted by molar-refractivity contribution is -0.657. The van der Waals surface area contributed by atoms with Crippen LogP contribution in [0.5, 0.6) is 0 Å². The number of imidazole rings is 1. The number of aromatic nitrogens is 2. The van der Waals surface area contributed by atoms with Crippen molar-refractivity contribution in [1.29, 1.82) is 0 Å². The summed E-state index contributed by atoms with van der Waals surface area (Å²) in [5.41, 5.74) is 2.45. The van der Waals surface area contributed by atoms with Crippen molar-refractivity contribution >= 4 is 28.4 Å². The number of carbonyl (C=O) groups excluding carboxylic acids is 1. The summed E-state index contributed by atoms with van der Waals surface area (Å²) < 4.78 is 3.36. The number of hydrogen-bond donors (Lipinski definition) is 1. The first-order chi connectivity index (χ1) is 9.65. The van der Waals surface area contributed by atoms with Crippen LogP contribution in [0.2, 0.25) is 5.02 Å². The highest BCUT2D eigenvalue weighted by atomic mass is 35.5. The quantitative estimate of drug-likeness (QED) is 0.456. The molecule has 0 radical (unpaired) electrons. The van der Waals surface area contributed by atoms with E-state index in [1.54, 1.807) is 30.6 Å². The summed E-state index contributed by atoms with van der Waals surface area (Å²) >= 11 is 5.82. The molecule has 1 heterocycles. The molecule has 4 nitrogen and oxygen atoms in total. The highest BCUT2D eigenvalue weighted by Gasteiger charge is 2.17. The summed E-state index contributed by atoms with van der Waals surface area (Å²) in [6.07, 6.45) is 1.72. The van der Waals surface area contributed by atoms with Gasteiger partial charge in [-0.05, 0) is 36.4 Å². The number of para-hydroxylation sites is 2. The fourth-order valence-electron chi connectivity index (χ4n) is 2.21. The first-order valence-corrected chi connectivity index (χ1v) is 6.56. The second-order valence-electron chi connectivity index (χ2n) is 4.57. The largest absolute Gasteiger partial charge is 0.290 e. The van der Waals surface area contributed by atoms with Crippen molar-refractivity contribution in [1.82, 2.24) is 4.68 Å². The molecule has 0 fully saturated rings. The van der Waals surface area contributed by atoms with Crippen LogP contribution in [0.25, 0.3) is 11.0 Å². The molecular weight excluding hydrogens is 274 g/mol. The van der Waals surface area contributed by atoms with Gasteiger partial charge in [-0.2, -0.15) is 0 Å². The van der Waals surface area contributed by atoms with Crippen LogP contribution in [0.1, 0.15) is 10.4 Å². The fourth-order valence-corrected chi connectivity index (χ4v) is 2.33. The normalized spacial score (nSPS) is 10.8. The Morgan fingerprint density at radius 2 is 1.85 bits per heavy atom. The number of ketones is 1. The summed E-state index contributed by atoms with van der Waals surface area (Å²) in [5.74, 6) is 5.90. The third-order valence-electron chi connectivity index (χ3n) is 3.21.